The van der Waals surface area contributed by atoms with E-state index in [1.54, 1.807) is 24.3 Å². The Morgan fingerprint density at radius 1 is 1.09 bits per heavy atom. The zero-order valence-electron chi connectivity index (χ0n) is 18.2. The van der Waals surface area contributed by atoms with Gasteiger partial charge in [-0.05, 0) is 53.1 Å². The van der Waals surface area contributed by atoms with Crippen LogP contribution in [-0.4, -0.2) is 17.0 Å². The molecule has 32 heavy (non-hydrogen) atoms. The van der Waals surface area contributed by atoms with E-state index in [-0.39, 0.29) is 28.8 Å². The van der Waals surface area contributed by atoms with Crippen LogP contribution in [0.15, 0.2) is 70.2 Å². The van der Waals surface area contributed by atoms with Crippen LogP contribution in [0.4, 0.5) is 5.69 Å². The minimum Gasteiger partial charge on any atom is -0.455 e. The molecule has 0 spiro atoms. The molecule has 1 amide bonds. The van der Waals surface area contributed by atoms with Crippen molar-refractivity contribution in [3.8, 4) is 11.3 Å². The summed E-state index contributed by atoms with van der Waals surface area (Å²) in [5.74, 6) is 1.10. The number of hydrogen-bond acceptors (Lipinski definition) is 5. The standard InChI is InChI=1S/C25H25N3O4/c1-25(2,3)18-8-4-16(5-9-18)21-14-22(21)24(29)27-26-15-20-12-13-23(32-20)17-6-10-19(11-7-17)28(30)31/h4-13,15,21-22H,14H2,1-3H3,(H,27,29)/t21-,22+/m1/s1. The number of carbonyl (C=O) groups excluding carboxylic acids is 1. The quantitative estimate of drug-likeness (QED) is 0.321. The van der Waals surface area contributed by atoms with E-state index in [1.807, 2.05) is 0 Å². The van der Waals surface area contributed by atoms with Crippen molar-refractivity contribution in [3.05, 3.63) is 87.7 Å². The average Bonchev–Trinajstić information content (AvgIpc) is 3.44. The van der Waals surface area contributed by atoms with Gasteiger partial charge in [0.1, 0.15) is 11.5 Å². The highest BCUT2D eigenvalue weighted by molar-refractivity contribution is 5.85. The Hall–Kier alpha value is -3.74. The van der Waals surface area contributed by atoms with Crippen LogP contribution in [0.1, 0.15) is 50.0 Å². The molecular formula is C25H25N3O4. The first-order valence-electron chi connectivity index (χ1n) is 10.5. The van der Waals surface area contributed by atoms with Crippen LogP contribution < -0.4 is 5.43 Å². The molecule has 1 fully saturated rings. The summed E-state index contributed by atoms with van der Waals surface area (Å²) in [5, 5.41) is 14.8. The summed E-state index contributed by atoms with van der Waals surface area (Å²) in [4.78, 5) is 22.7. The van der Waals surface area contributed by atoms with Gasteiger partial charge in [-0.2, -0.15) is 5.10 Å². The summed E-state index contributed by atoms with van der Waals surface area (Å²) in [6.07, 6.45) is 2.27. The van der Waals surface area contributed by atoms with Crippen LogP contribution in [0, 0.1) is 16.0 Å². The summed E-state index contributed by atoms with van der Waals surface area (Å²) in [5.41, 5.74) is 5.90. The Morgan fingerprint density at radius 2 is 1.78 bits per heavy atom. The molecule has 1 aromatic heterocycles. The van der Waals surface area contributed by atoms with E-state index in [0.29, 0.717) is 11.5 Å². The number of furan rings is 1. The fourth-order valence-corrected chi connectivity index (χ4v) is 3.65. The first-order valence-corrected chi connectivity index (χ1v) is 10.5. The molecule has 7 heteroatoms. The van der Waals surface area contributed by atoms with Crippen molar-refractivity contribution < 1.29 is 14.1 Å². The summed E-state index contributed by atoms with van der Waals surface area (Å²) in [7, 11) is 0. The predicted molar refractivity (Wildman–Crippen MR) is 123 cm³/mol. The maximum Gasteiger partial charge on any atom is 0.269 e. The molecule has 3 aromatic rings. The second kappa shape index (κ2) is 8.42. The van der Waals surface area contributed by atoms with Crippen LogP contribution >= 0.6 is 0 Å². The van der Waals surface area contributed by atoms with Crippen molar-refractivity contribution in [1.82, 2.24) is 5.43 Å². The van der Waals surface area contributed by atoms with Crippen LogP contribution in [0.3, 0.4) is 0 Å². The molecule has 0 unspecified atom stereocenters. The first kappa shape index (κ1) is 21.5. The molecule has 7 nitrogen and oxygen atoms in total. The zero-order chi connectivity index (χ0) is 22.9. The number of hydrogen-bond donors (Lipinski definition) is 1. The number of carbonyl (C=O) groups is 1. The number of hydrazone groups is 1. The number of amides is 1. The Kier molecular flexibility index (Phi) is 5.65. The number of nitro groups is 1. The third kappa shape index (κ3) is 4.77. The van der Waals surface area contributed by atoms with Gasteiger partial charge in [-0.25, -0.2) is 5.43 Å². The largest absolute Gasteiger partial charge is 0.455 e. The average molecular weight is 431 g/mol. The van der Waals surface area contributed by atoms with Gasteiger partial charge in [0, 0.05) is 23.6 Å². The maximum atomic E-state index is 12.4. The minimum absolute atomic E-state index is 0.0216. The van der Waals surface area contributed by atoms with Gasteiger partial charge in [0.05, 0.1) is 11.1 Å². The molecule has 1 aliphatic carbocycles. The zero-order valence-corrected chi connectivity index (χ0v) is 18.2. The lowest BCUT2D eigenvalue weighted by Crippen LogP contribution is -2.20. The lowest BCUT2D eigenvalue weighted by molar-refractivity contribution is -0.384. The topological polar surface area (TPSA) is 97.7 Å². The number of nitro benzene ring substituents is 1. The summed E-state index contributed by atoms with van der Waals surface area (Å²) >= 11 is 0. The van der Waals surface area contributed by atoms with Gasteiger partial charge in [-0.15, -0.1) is 0 Å². The van der Waals surface area contributed by atoms with Gasteiger partial charge in [0.15, 0.2) is 0 Å². The van der Waals surface area contributed by atoms with Gasteiger partial charge in [0.2, 0.25) is 5.91 Å². The number of non-ortho nitro benzene ring substituents is 1. The SMILES string of the molecule is CC(C)(C)c1ccc([C@H]2C[C@@H]2C(=O)NN=Cc2ccc(-c3ccc([N+](=O)[O-])cc3)o2)cc1. The third-order valence-corrected chi connectivity index (χ3v) is 5.69. The fourth-order valence-electron chi connectivity index (χ4n) is 3.65. The normalized spacial score (nSPS) is 18.0. The maximum absolute atomic E-state index is 12.4. The van der Waals surface area contributed by atoms with Crippen LogP contribution in [-0.2, 0) is 10.2 Å². The Labute approximate surface area is 186 Å². The van der Waals surface area contributed by atoms with Gasteiger partial charge < -0.3 is 4.42 Å². The molecule has 1 aliphatic rings. The highest BCUT2D eigenvalue weighted by Gasteiger charge is 2.44. The molecular weight excluding hydrogens is 406 g/mol. The van der Waals surface area contributed by atoms with Gasteiger partial charge in [-0.3, -0.25) is 14.9 Å². The van der Waals surface area contributed by atoms with Crippen molar-refractivity contribution in [2.75, 3.05) is 0 Å². The molecule has 1 saturated carbocycles. The van der Waals surface area contributed by atoms with Crippen LogP contribution in [0.2, 0.25) is 0 Å². The molecule has 0 bridgehead atoms. The monoisotopic (exact) mass is 431 g/mol. The molecule has 2 aromatic carbocycles. The number of nitrogens with zero attached hydrogens (tertiary/aromatic N) is 2. The summed E-state index contributed by atoms with van der Waals surface area (Å²) < 4.78 is 5.69. The molecule has 0 radical (unpaired) electrons. The minimum atomic E-state index is -0.446. The molecule has 2 atom stereocenters. The van der Waals surface area contributed by atoms with E-state index in [4.69, 9.17) is 4.42 Å². The highest BCUT2D eigenvalue weighted by Crippen LogP contribution is 2.47. The van der Waals surface area contributed by atoms with Gasteiger partial charge >= 0.3 is 0 Å². The second-order valence-corrected chi connectivity index (χ2v) is 9.06. The Bertz CT molecular complexity index is 1160. The van der Waals surface area contributed by atoms with Crippen molar-refractivity contribution >= 4 is 17.8 Å². The van der Waals surface area contributed by atoms with Crippen molar-refractivity contribution in [3.63, 3.8) is 0 Å². The van der Waals surface area contributed by atoms with E-state index >= 15 is 0 Å². The molecule has 0 aliphatic heterocycles. The summed E-state index contributed by atoms with van der Waals surface area (Å²) in [6.45, 7) is 6.55. The predicted octanol–water partition coefficient (Wildman–Crippen LogP) is 5.41. The van der Waals surface area contributed by atoms with E-state index in [9.17, 15) is 14.9 Å². The van der Waals surface area contributed by atoms with Gasteiger partial charge in [0.25, 0.3) is 5.69 Å². The van der Waals surface area contributed by atoms with Crippen LogP contribution in [0.25, 0.3) is 11.3 Å². The van der Waals surface area contributed by atoms with E-state index in [0.717, 1.165) is 12.0 Å². The number of nitrogens with one attached hydrogen (secondary N) is 1. The third-order valence-electron chi connectivity index (χ3n) is 5.69. The summed E-state index contributed by atoms with van der Waals surface area (Å²) in [6, 6.07) is 18.1. The molecule has 164 valence electrons. The smallest absolute Gasteiger partial charge is 0.269 e. The van der Waals surface area contributed by atoms with Crippen molar-refractivity contribution in [2.45, 2.75) is 38.5 Å². The second-order valence-electron chi connectivity index (χ2n) is 9.06. The number of benzene rings is 2. The molecule has 1 heterocycles. The van der Waals surface area contributed by atoms with Crippen molar-refractivity contribution in [1.29, 1.82) is 0 Å². The van der Waals surface area contributed by atoms with E-state index < -0.39 is 4.92 Å². The van der Waals surface area contributed by atoms with Crippen LogP contribution in [0.5, 0.6) is 0 Å². The lowest BCUT2D eigenvalue weighted by atomic mass is 9.86. The van der Waals surface area contributed by atoms with Crippen molar-refractivity contribution in [2.24, 2.45) is 11.0 Å². The number of rotatable bonds is 6. The first-order chi connectivity index (χ1) is 15.2. The Morgan fingerprint density at radius 3 is 2.41 bits per heavy atom. The van der Waals surface area contributed by atoms with Gasteiger partial charge in [-0.1, -0.05) is 45.0 Å². The fraction of sp³-hybridized carbons (Fsp3) is 0.280. The molecule has 1 N–H and O–H groups in total. The lowest BCUT2D eigenvalue weighted by Gasteiger charge is -2.19. The van der Waals surface area contributed by atoms with E-state index in [1.165, 1.54) is 29.5 Å². The molecule has 4 rings (SSSR count). The highest BCUT2D eigenvalue weighted by atomic mass is 16.6. The molecule has 0 saturated heterocycles. The van der Waals surface area contributed by atoms with E-state index in [2.05, 4.69) is 55.6 Å². The Balaban J connectivity index is 1.31.